The minimum absolute atomic E-state index is 0.732. The molecule has 2 rings (SSSR count). The molecule has 1 fully saturated rings. The zero-order valence-corrected chi connectivity index (χ0v) is 10.7. The van der Waals surface area contributed by atoms with E-state index in [1.165, 1.54) is 29.5 Å². The largest absolute Gasteiger partial charge is 0.316 e. The van der Waals surface area contributed by atoms with Gasteiger partial charge in [-0.15, -0.1) is 0 Å². The van der Waals surface area contributed by atoms with Crippen molar-refractivity contribution in [3.05, 3.63) is 34.4 Å². The summed E-state index contributed by atoms with van der Waals surface area (Å²) in [4.78, 5) is 0. The Kier molecular flexibility index (Phi) is 3.81. The Morgan fingerprint density at radius 1 is 1.41 bits per heavy atom. The Hall–Kier alpha value is -1.33. The maximum atomic E-state index is 9.02. The number of hydrogen-bond donors (Lipinski definition) is 1. The number of nitrogens with one attached hydrogen (secondary N) is 1. The van der Waals surface area contributed by atoms with Gasteiger partial charge in [0.1, 0.15) is 0 Å². The monoisotopic (exact) mass is 228 g/mol. The molecule has 0 saturated carbocycles. The van der Waals surface area contributed by atoms with Crippen LogP contribution in [0.1, 0.15) is 35.1 Å². The average molecular weight is 228 g/mol. The van der Waals surface area contributed by atoms with Crippen LogP contribution in [0.5, 0.6) is 0 Å². The van der Waals surface area contributed by atoms with Gasteiger partial charge in [0.25, 0.3) is 0 Å². The van der Waals surface area contributed by atoms with E-state index in [1.807, 2.05) is 6.07 Å². The average Bonchev–Trinajstić information content (AvgIpc) is 2.36. The second-order valence-electron chi connectivity index (χ2n) is 5.11. The molecule has 1 aromatic carbocycles. The Morgan fingerprint density at radius 3 is 2.88 bits per heavy atom. The first-order valence-electron chi connectivity index (χ1n) is 6.41. The zero-order chi connectivity index (χ0) is 12.3. The van der Waals surface area contributed by atoms with Gasteiger partial charge in [0.15, 0.2) is 0 Å². The van der Waals surface area contributed by atoms with Crippen LogP contribution in [-0.4, -0.2) is 13.1 Å². The summed E-state index contributed by atoms with van der Waals surface area (Å²) in [5.74, 6) is 0.732. The molecule has 0 bridgehead atoms. The summed E-state index contributed by atoms with van der Waals surface area (Å²) in [5.41, 5.74) is 4.75. The van der Waals surface area contributed by atoms with Crippen molar-refractivity contribution in [3.8, 4) is 6.07 Å². The first-order chi connectivity index (χ1) is 8.20. The Bertz CT molecular complexity index is 437. The third-order valence-electron chi connectivity index (χ3n) is 3.81. The van der Waals surface area contributed by atoms with Crippen molar-refractivity contribution < 1.29 is 0 Å². The summed E-state index contributed by atoms with van der Waals surface area (Å²) in [5, 5.41) is 12.5. The molecule has 1 aliphatic rings. The summed E-state index contributed by atoms with van der Waals surface area (Å²) in [6.45, 7) is 6.54. The number of nitriles is 1. The normalized spacial score (nSPS) is 19.9. The van der Waals surface area contributed by atoms with Gasteiger partial charge in [-0.25, -0.2) is 0 Å². The molecule has 1 atom stereocenters. The molecule has 0 aromatic heterocycles. The van der Waals surface area contributed by atoms with Gasteiger partial charge in [-0.2, -0.15) is 5.26 Å². The number of rotatable bonds is 2. The first-order valence-corrected chi connectivity index (χ1v) is 6.41. The van der Waals surface area contributed by atoms with Gasteiger partial charge in [0.05, 0.1) is 11.6 Å². The molecule has 1 saturated heterocycles. The quantitative estimate of drug-likeness (QED) is 0.844. The van der Waals surface area contributed by atoms with E-state index in [4.69, 9.17) is 5.26 Å². The molecule has 1 unspecified atom stereocenters. The van der Waals surface area contributed by atoms with Crippen LogP contribution in [-0.2, 0) is 6.42 Å². The van der Waals surface area contributed by atoms with Gasteiger partial charge >= 0.3 is 0 Å². The van der Waals surface area contributed by atoms with Gasteiger partial charge in [0, 0.05) is 0 Å². The molecule has 0 amide bonds. The van der Waals surface area contributed by atoms with E-state index in [0.29, 0.717) is 0 Å². The maximum Gasteiger partial charge on any atom is 0.0991 e. The Labute approximate surface area is 104 Å². The molecule has 2 heteroatoms. The standard InChI is InChI=1S/C15H20N2/c1-11-6-14(9-16)8-15(12(11)2)7-13-4-3-5-17-10-13/h6,8,13,17H,3-5,7,10H2,1-2H3. The second kappa shape index (κ2) is 5.33. The number of nitrogens with zero attached hydrogens (tertiary/aromatic N) is 1. The van der Waals surface area contributed by atoms with Gasteiger partial charge in [0.2, 0.25) is 0 Å². The van der Waals surface area contributed by atoms with Crippen LogP contribution in [0.15, 0.2) is 12.1 Å². The summed E-state index contributed by atoms with van der Waals surface area (Å²) in [6.07, 6.45) is 3.69. The highest BCUT2D eigenvalue weighted by Crippen LogP contribution is 2.22. The molecular formula is C15H20N2. The van der Waals surface area contributed by atoms with Crippen LogP contribution < -0.4 is 5.32 Å². The first kappa shape index (κ1) is 12.1. The lowest BCUT2D eigenvalue weighted by Gasteiger charge is -2.23. The van der Waals surface area contributed by atoms with Gasteiger partial charge < -0.3 is 5.32 Å². The number of benzene rings is 1. The minimum atomic E-state index is 0.732. The molecule has 0 spiro atoms. The van der Waals surface area contributed by atoms with Crippen molar-refractivity contribution in [1.82, 2.24) is 5.32 Å². The third kappa shape index (κ3) is 2.87. The maximum absolute atomic E-state index is 9.02. The fourth-order valence-corrected chi connectivity index (χ4v) is 2.62. The van der Waals surface area contributed by atoms with E-state index < -0.39 is 0 Å². The molecule has 1 N–H and O–H groups in total. The Morgan fingerprint density at radius 2 is 2.24 bits per heavy atom. The van der Waals surface area contributed by atoms with Gasteiger partial charge in [-0.05, 0) is 80.9 Å². The number of aryl methyl sites for hydroxylation is 1. The third-order valence-corrected chi connectivity index (χ3v) is 3.81. The van der Waals surface area contributed by atoms with Crippen molar-refractivity contribution >= 4 is 0 Å². The molecule has 1 heterocycles. The molecule has 1 aromatic rings. The van der Waals surface area contributed by atoms with E-state index in [9.17, 15) is 0 Å². The summed E-state index contributed by atoms with van der Waals surface area (Å²) in [6, 6.07) is 6.31. The van der Waals surface area contributed by atoms with Crippen LogP contribution in [0.3, 0.4) is 0 Å². The predicted molar refractivity (Wildman–Crippen MR) is 69.9 cm³/mol. The van der Waals surface area contributed by atoms with Gasteiger partial charge in [-0.1, -0.05) is 0 Å². The van der Waals surface area contributed by atoms with E-state index in [-0.39, 0.29) is 0 Å². The molecule has 1 aliphatic heterocycles. The van der Waals surface area contributed by atoms with Crippen LogP contribution in [0, 0.1) is 31.1 Å². The number of hydrogen-bond acceptors (Lipinski definition) is 2. The summed E-state index contributed by atoms with van der Waals surface area (Å²) < 4.78 is 0. The molecule has 17 heavy (non-hydrogen) atoms. The van der Waals surface area contributed by atoms with Crippen molar-refractivity contribution in [2.45, 2.75) is 33.1 Å². The lowest BCUT2D eigenvalue weighted by atomic mass is 9.88. The minimum Gasteiger partial charge on any atom is -0.316 e. The fourth-order valence-electron chi connectivity index (χ4n) is 2.62. The second-order valence-corrected chi connectivity index (χ2v) is 5.11. The van der Waals surface area contributed by atoms with Crippen LogP contribution in [0.2, 0.25) is 0 Å². The Balaban J connectivity index is 2.19. The van der Waals surface area contributed by atoms with E-state index >= 15 is 0 Å². The van der Waals surface area contributed by atoms with Crippen molar-refractivity contribution in [3.63, 3.8) is 0 Å². The van der Waals surface area contributed by atoms with E-state index in [0.717, 1.165) is 31.0 Å². The highest BCUT2D eigenvalue weighted by molar-refractivity contribution is 5.43. The highest BCUT2D eigenvalue weighted by atomic mass is 14.9. The van der Waals surface area contributed by atoms with Crippen LogP contribution >= 0.6 is 0 Å². The number of piperidine rings is 1. The summed E-state index contributed by atoms with van der Waals surface area (Å²) >= 11 is 0. The van der Waals surface area contributed by atoms with Crippen LogP contribution in [0.4, 0.5) is 0 Å². The zero-order valence-electron chi connectivity index (χ0n) is 10.7. The van der Waals surface area contributed by atoms with Crippen molar-refractivity contribution in [2.75, 3.05) is 13.1 Å². The fraction of sp³-hybridized carbons (Fsp3) is 0.533. The highest BCUT2D eigenvalue weighted by Gasteiger charge is 2.15. The lowest BCUT2D eigenvalue weighted by molar-refractivity contribution is 0.375. The molecule has 0 radical (unpaired) electrons. The predicted octanol–water partition coefficient (Wildman–Crippen LogP) is 2.72. The van der Waals surface area contributed by atoms with Crippen molar-refractivity contribution in [2.24, 2.45) is 5.92 Å². The van der Waals surface area contributed by atoms with Crippen LogP contribution in [0.25, 0.3) is 0 Å². The molecule has 0 aliphatic carbocycles. The van der Waals surface area contributed by atoms with Crippen molar-refractivity contribution in [1.29, 1.82) is 5.26 Å². The molecule has 2 nitrogen and oxygen atoms in total. The topological polar surface area (TPSA) is 35.8 Å². The summed E-state index contributed by atoms with van der Waals surface area (Å²) in [7, 11) is 0. The van der Waals surface area contributed by atoms with E-state index in [1.54, 1.807) is 0 Å². The molecular weight excluding hydrogens is 208 g/mol. The smallest absolute Gasteiger partial charge is 0.0991 e. The SMILES string of the molecule is Cc1cc(C#N)cc(CC2CCCNC2)c1C. The van der Waals surface area contributed by atoms with Gasteiger partial charge in [-0.3, -0.25) is 0 Å². The van der Waals surface area contributed by atoms with E-state index in [2.05, 4.69) is 31.3 Å². The molecule has 90 valence electrons. The lowest BCUT2D eigenvalue weighted by Crippen LogP contribution is -2.31.